The fourth-order valence-electron chi connectivity index (χ4n) is 2.60. The number of aliphatic hydroxyl groups excluding tert-OH is 1. The Kier molecular flexibility index (Phi) is 3.46. The summed E-state index contributed by atoms with van der Waals surface area (Å²) < 4.78 is 0. The van der Waals surface area contributed by atoms with E-state index in [1.165, 1.54) is 6.42 Å². The van der Waals surface area contributed by atoms with E-state index in [1.807, 2.05) is 30.5 Å². The number of aliphatic hydroxyl groups is 1. The van der Waals surface area contributed by atoms with Crippen LogP contribution in [0.25, 0.3) is 11.4 Å². The summed E-state index contributed by atoms with van der Waals surface area (Å²) >= 11 is 0. The Morgan fingerprint density at radius 2 is 2.21 bits per heavy atom. The van der Waals surface area contributed by atoms with Gasteiger partial charge in [-0.1, -0.05) is 0 Å². The summed E-state index contributed by atoms with van der Waals surface area (Å²) in [7, 11) is 0. The van der Waals surface area contributed by atoms with Crippen molar-refractivity contribution in [3.8, 4) is 11.4 Å². The Bertz CT molecular complexity index is 509. The number of aromatic nitrogens is 3. The Hall–Kier alpha value is -1.88. The quantitative estimate of drug-likeness (QED) is 0.881. The van der Waals surface area contributed by atoms with Crippen LogP contribution in [0, 0.1) is 0 Å². The molecular formula is C14H18N4O. The van der Waals surface area contributed by atoms with Gasteiger partial charge in [0.1, 0.15) is 5.69 Å². The molecule has 1 atom stereocenters. The number of rotatable bonds is 3. The van der Waals surface area contributed by atoms with Crippen LogP contribution in [0.2, 0.25) is 0 Å². The Morgan fingerprint density at radius 3 is 2.89 bits per heavy atom. The van der Waals surface area contributed by atoms with Crippen molar-refractivity contribution in [2.24, 2.45) is 0 Å². The zero-order chi connectivity index (χ0) is 13.1. The number of anilines is 1. The van der Waals surface area contributed by atoms with Gasteiger partial charge in [-0.3, -0.25) is 0 Å². The number of hydrogen-bond acceptors (Lipinski definition) is 4. The summed E-state index contributed by atoms with van der Waals surface area (Å²) in [5.74, 6) is 0.856. The minimum Gasteiger partial charge on any atom is -0.394 e. The lowest BCUT2D eigenvalue weighted by Gasteiger charge is -2.35. The SMILES string of the molecule is OCC1CCCCN1c1ccc(-c2ccc[nH]2)nn1. The average Bonchev–Trinajstić information content (AvgIpc) is 3.02. The first-order valence-corrected chi connectivity index (χ1v) is 6.73. The third kappa shape index (κ3) is 2.46. The summed E-state index contributed by atoms with van der Waals surface area (Å²) in [6.07, 6.45) is 5.22. The fraction of sp³-hybridized carbons (Fsp3) is 0.429. The topological polar surface area (TPSA) is 65.0 Å². The summed E-state index contributed by atoms with van der Waals surface area (Å²) in [6, 6.07) is 8.05. The number of aromatic amines is 1. The lowest BCUT2D eigenvalue weighted by Crippen LogP contribution is -2.42. The molecule has 100 valence electrons. The third-order valence-corrected chi connectivity index (χ3v) is 3.66. The second-order valence-electron chi connectivity index (χ2n) is 4.89. The molecule has 3 heterocycles. The second-order valence-corrected chi connectivity index (χ2v) is 4.89. The predicted molar refractivity (Wildman–Crippen MR) is 73.9 cm³/mol. The van der Waals surface area contributed by atoms with Gasteiger partial charge in [-0.15, -0.1) is 10.2 Å². The monoisotopic (exact) mass is 258 g/mol. The highest BCUT2D eigenvalue weighted by atomic mass is 16.3. The summed E-state index contributed by atoms with van der Waals surface area (Å²) in [6.45, 7) is 1.13. The van der Waals surface area contributed by atoms with Gasteiger partial charge >= 0.3 is 0 Å². The molecule has 0 aromatic carbocycles. The highest BCUT2D eigenvalue weighted by Crippen LogP contribution is 2.23. The molecule has 1 aliphatic rings. The van der Waals surface area contributed by atoms with Crippen LogP contribution in [-0.2, 0) is 0 Å². The first-order valence-electron chi connectivity index (χ1n) is 6.73. The van der Waals surface area contributed by atoms with Crippen LogP contribution in [0.5, 0.6) is 0 Å². The first kappa shape index (κ1) is 12.2. The molecule has 3 rings (SSSR count). The fourth-order valence-corrected chi connectivity index (χ4v) is 2.60. The van der Waals surface area contributed by atoms with Gasteiger partial charge in [0, 0.05) is 12.7 Å². The molecule has 0 aliphatic carbocycles. The number of nitrogens with zero attached hydrogens (tertiary/aromatic N) is 3. The lowest BCUT2D eigenvalue weighted by molar-refractivity contribution is 0.239. The molecule has 1 fully saturated rings. The van der Waals surface area contributed by atoms with Gasteiger partial charge in [0.15, 0.2) is 5.82 Å². The molecule has 2 aromatic rings. The van der Waals surface area contributed by atoms with Crippen molar-refractivity contribution in [2.75, 3.05) is 18.1 Å². The van der Waals surface area contributed by atoms with E-state index in [0.717, 1.165) is 36.6 Å². The Morgan fingerprint density at radius 1 is 1.26 bits per heavy atom. The smallest absolute Gasteiger partial charge is 0.151 e. The van der Waals surface area contributed by atoms with E-state index in [-0.39, 0.29) is 12.6 Å². The summed E-state index contributed by atoms with van der Waals surface area (Å²) in [5, 5.41) is 18.0. The molecule has 0 spiro atoms. The Balaban J connectivity index is 1.81. The first-order chi connectivity index (χ1) is 9.38. The molecular weight excluding hydrogens is 240 g/mol. The van der Waals surface area contributed by atoms with Crippen LogP contribution in [0.1, 0.15) is 19.3 Å². The maximum absolute atomic E-state index is 9.43. The van der Waals surface area contributed by atoms with E-state index in [1.54, 1.807) is 0 Å². The lowest BCUT2D eigenvalue weighted by atomic mass is 10.0. The minimum absolute atomic E-state index is 0.180. The number of piperidine rings is 1. The summed E-state index contributed by atoms with van der Waals surface area (Å²) in [4.78, 5) is 5.28. The summed E-state index contributed by atoms with van der Waals surface area (Å²) in [5.41, 5.74) is 1.81. The molecule has 0 saturated carbocycles. The maximum atomic E-state index is 9.43. The highest BCUT2D eigenvalue weighted by Gasteiger charge is 2.23. The standard InChI is InChI=1S/C14H18N4O/c19-10-11-4-1-2-9-18(11)14-7-6-13(16-17-14)12-5-3-8-15-12/h3,5-8,11,15,19H,1-2,4,9-10H2. The molecule has 1 aliphatic heterocycles. The largest absolute Gasteiger partial charge is 0.394 e. The van der Waals surface area contributed by atoms with Gasteiger partial charge in [0.2, 0.25) is 0 Å². The normalized spacial score (nSPS) is 19.6. The number of H-pyrrole nitrogens is 1. The van der Waals surface area contributed by atoms with Crippen molar-refractivity contribution in [1.82, 2.24) is 15.2 Å². The van der Waals surface area contributed by atoms with Crippen LogP contribution in [-0.4, -0.2) is 39.5 Å². The van der Waals surface area contributed by atoms with E-state index in [0.29, 0.717) is 0 Å². The van der Waals surface area contributed by atoms with Crippen molar-refractivity contribution in [1.29, 1.82) is 0 Å². The zero-order valence-electron chi connectivity index (χ0n) is 10.8. The predicted octanol–water partition coefficient (Wildman–Crippen LogP) is 1.82. The van der Waals surface area contributed by atoms with E-state index in [2.05, 4.69) is 20.1 Å². The van der Waals surface area contributed by atoms with Crippen LogP contribution < -0.4 is 4.90 Å². The van der Waals surface area contributed by atoms with Gasteiger partial charge in [-0.2, -0.15) is 0 Å². The molecule has 0 radical (unpaired) electrons. The maximum Gasteiger partial charge on any atom is 0.151 e. The molecule has 5 nitrogen and oxygen atoms in total. The molecule has 19 heavy (non-hydrogen) atoms. The van der Waals surface area contributed by atoms with Crippen LogP contribution in [0.4, 0.5) is 5.82 Å². The van der Waals surface area contributed by atoms with Crippen molar-refractivity contribution < 1.29 is 5.11 Å². The molecule has 0 bridgehead atoms. The molecule has 0 amide bonds. The van der Waals surface area contributed by atoms with Gasteiger partial charge in [0.05, 0.1) is 18.3 Å². The molecule has 1 unspecified atom stereocenters. The van der Waals surface area contributed by atoms with Gasteiger partial charge in [-0.25, -0.2) is 0 Å². The molecule has 2 aromatic heterocycles. The van der Waals surface area contributed by atoms with Crippen molar-refractivity contribution in [3.63, 3.8) is 0 Å². The molecule has 1 saturated heterocycles. The second kappa shape index (κ2) is 5.40. The number of nitrogens with one attached hydrogen (secondary N) is 1. The van der Waals surface area contributed by atoms with Crippen molar-refractivity contribution in [2.45, 2.75) is 25.3 Å². The zero-order valence-corrected chi connectivity index (χ0v) is 10.8. The van der Waals surface area contributed by atoms with Gasteiger partial charge in [0.25, 0.3) is 0 Å². The van der Waals surface area contributed by atoms with Crippen LogP contribution in [0.15, 0.2) is 30.5 Å². The molecule has 5 heteroatoms. The van der Waals surface area contributed by atoms with Crippen LogP contribution >= 0.6 is 0 Å². The average molecular weight is 258 g/mol. The highest BCUT2D eigenvalue weighted by molar-refractivity contribution is 5.55. The molecule has 2 N–H and O–H groups in total. The van der Waals surface area contributed by atoms with Crippen molar-refractivity contribution in [3.05, 3.63) is 30.5 Å². The van der Waals surface area contributed by atoms with Gasteiger partial charge in [-0.05, 0) is 43.5 Å². The van der Waals surface area contributed by atoms with Gasteiger partial charge < -0.3 is 15.0 Å². The third-order valence-electron chi connectivity index (χ3n) is 3.66. The Labute approximate surface area is 112 Å². The van der Waals surface area contributed by atoms with E-state index < -0.39 is 0 Å². The minimum atomic E-state index is 0.180. The van der Waals surface area contributed by atoms with Crippen LogP contribution in [0.3, 0.4) is 0 Å². The number of hydrogen-bond donors (Lipinski definition) is 2. The van der Waals surface area contributed by atoms with Crippen molar-refractivity contribution >= 4 is 5.82 Å². The van der Waals surface area contributed by atoms with E-state index in [9.17, 15) is 5.11 Å². The van der Waals surface area contributed by atoms with E-state index >= 15 is 0 Å². The van der Waals surface area contributed by atoms with E-state index in [4.69, 9.17) is 0 Å².